The SMILES string of the molecule is CCc1cccc(Nc2nc(C)cn2CC(C)C)c1. The molecule has 0 amide bonds. The molecule has 1 heterocycles. The Labute approximate surface area is 115 Å². The Bertz CT molecular complexity index is 541. The molecule has 0 fully saturated rings. The van der Waals surface area contributed by atoms with Crippen LogP contribution in [0.25, 0.3) is 0 Å². The third-order valence-corrected chi connectivity index (χ3v) is 3.05. The van der Waals surface area contributed by atoms with Gasteiger partial charge in [0.1, 0.15) is 0 Å². The first-order chi connectivity index (χ1) is 9.08. The molecule has 0 aliphatic heterocycles. The van der Waals surface area contributed by atoms with Crippen molar-refractivity contribution in [3.63, 3.8) is 0 Å². The van der Waals surface area contributed by atoms with Gasteiger partial charge in [0.05, 0.1) is 5.69 Å². The van der Waals surface area contributed by atoms with E-state index in [-0.39, 0.29) is 0 Å². The minimum Gasteiger partial charge on any atom is -0.326 e. The maximum Gasteiger partial charge on any atom is 0.207 e. The molecule has 0 saturated heterocycles. The fourth-order valence-corrected chi connectivity index (χ4v) is 2.18. The average molecular weight is 257 g/mol. The number of benzene rings is 1. The van der Waals surface area contributed by atoms with E-state index in [2.05, 4.69) is 66.1 Å². The number of aryl methyl sites for hydroxylation is 2. The molecule has 0 spiro atoms. The maximum absolute atomic E-state index is 4.57. The lowest BCUT2D eigenvalue weighted by Gasteiger charge is -2.12. The number of nitrogens with zero attached hydrogens (tertiary/aromatic N) is 2. The van der Waals surface area contributed by atoms with Crippen molar-refractivity contribution in [1.82, 2.24) is 9.55 Å². The summed E-state index contributed by atoms with van der Waals surface area (Å²) in [6.07, 6.45) is 3.15. The number of aromatic nitrogens is 2. The van der Waals surface area contributed by atoms with Crippen molar-refractivity contribution in [2.45, 2.75) is 40.7 Å². The third kappa shape index (κ3) is 3.60. The molecule has 0 saturated carbocycles. The van der Waals surface area contributed by atoms with Gasteiger partial charge in [-0.15, -0.1) is 0 Å². The summed E-state index contributed by atoms with van der Waals surface area (Å²) in [6, 6.07) is 8.51. The monoisotopic (exact) mass is 257 g/mol. The van der Waals surface area contributed by atoms with Crippen molar-refractivity contribution < 1.29 is 0 Å². The topological polar surface area (TPSA) is 29.9 Å². The lowest BCUT2D eigenvalue weighted by Crippen LogP contribution is -2.07. The minimum atomic E-state index is 0.608. The quantitative estimate of drug-likeness (QED) is 0.872. The van der Waals surface area contributed by atoms with Gasteiger partial charge in [0.15, 0.2) is 0 Å². The first-order valence-corrected chi connectivity index (χ1v) is 6.98. The van der Waals surface area contributed by atoms with Gasteiger partial charge in [0.2, 0.25) is 5.95 Å². The second kappa shape index (κ2) is 5.91. The molecule has 3 heteroatoms. The lowest BCUT2D eigenvalue weighted by atomic mass is 10.1. The Morgan fingerprint density at radius 1 is 1.32 bits per heavy atom. The second-order valence-corrected chi connectivity index (χ2v) is 5.43. The standard InChI is InChI=1S/C16H23N3/c1-5-14-7-6-8-15(9-14)18-16-17-13(4)11-19(16)10-12(2)3/h6-9,11-12H,5,10H2,1-4H3,(H,17,18). The predicted molar refractivity (Wildman–Crippen MR) is 80.9 cm³/mol. The zero-order chi connectivity index (χ0) is 13.8. The number of hydrogen-bond acceptors (Lipinski definition) is 2. The molecule has 0 unspecified atom stereocenters. The van der Waals surface area contributed by atoms with Crippen LogP contribution < -0.4 is 5.32 Å². The largest absolute Gasteiger partial charge is 0.326 e. The summed E-state index contributed by atoms with van der Waals surface area (Å²) in [4.78, 5) is 4.57. The van der Waals surface area contributed by atoms with E-state index >= 15 is 0 Å². The van der Waals surface area contributed by atoms with Gasteiger partial charge in [0, 0.05) is 18.4 Å². The highest BCUT2D eigenvalue weighted by Crippen LogP contribution is 2.19. The van der Waals surface area contributed by atoms with Crippen LogP contribution in [0.2, 0.25) is 0 Å². The minimum absolute atomic E-state index is 0.608. The van der Waals surface area contributed by atoms with Crippen molar-refractivity contribution in [2.24, 2.45) is 5.92 Å². The molecule has 0 aliphatic rings. The van der Waals surface area contributed by atoms with Gasteiger partial charge in [-0.1, -0.05) is 32.9 Å². The van der Waals surface area contributed by atoms with E-state index in [1.165, 1.54) is 5.56 Å². The lowest BCUT2D eigenvalue weighted by molar-refractivity contribution is 0.527. The summed E-state index contributed by atoms with van der Waals surface area (Å²) >= 11 is 0. The predicted octanol–water partition coefficient (Wildman–Crippen LogP) is 4.15. The molecule has 0 radical (unpaired) electrons. The van der Waals surface area contributed by atoms with E-state index in [9.17, 15) is 0 Å². The molecule has 2 aromatic rings. The third-order valence-electron chi connectivity index (χ3n) is 3.05. The Balaban J connectivity index is 2.22. The highest BCUT2D eigenvalue weighted by atomic mass is 15.2. The van der Waals surface area contributed by atoms with Crippen LogP contribution >= 0.6 is 0 Å². The summed E-state index contributed by atoms with van der Waals surface area (Å²) in [5.74, 6) is 1.54. The molecular formula is C16H23N3. The fourth-order valence-electron chi connectivity index (χ4n) is 2.18. The van der Waals surface area contributed by atoms with Crippen molar-refractivity contribution in [3.05, 3.63) is 41.7 Å². The van der Waals surface area contributed by atoms with Crippen molar-refractivity contribution in [2.75, 3.05) is 5.32 Å². The number of nitrogens with one attached hydrogen (secondary N) is 1. The van der Waals surface area contributed by atoms with E-state index in [0.29, 0.717) is 5.92 Å². The molecule has 1 aromatic heterocycles. The highest BCUT2D eigenvalue weighted by Gasteiger charge is 2.07. The van der Waals surface area contributed by atoms with Gasteiger partial charge in [-0.2, -0.15) is 0 Å². The summed E-state index contributed by atoms with van der Waals surface area (Å²) in [6.45, 7) is 9.62. The number of hydrogen-bond donors (Lipinski definition) is 1. The summed E-state index contributed by atoms with van der Waals surface area (Å²) in [5, 5.41) is 3.43. The van der Waals surface area contributed by atoms with E-state index in [1.807, 2.05) is 6.92 Å². The van der Waals surface area contributed by atoms with Crippen molar-refractivity contribution in [3.8, 4) is 0 Å². The number of rotatable bonds is 5. The first kappa shape index (κ1) is 13.7. The van der Waals surface area contributed by atoms with E-state index in [0.717, 1.165) is 30.3 Å². The highest BCUT2D eigenvalue weighted by molar-refractivity contribution is 5.55. The van der Waals surface area contributed by atoms with Crippen molar-refractivity contribution in [1.29, 1.82) is 0 Å². The van der Waals surface area contributed by atoms with Gasteiger partial charge in [0.25, 0.3) is 0 Å². The number of imidazole rings is 1. The Morgan fingerprint density at radius 3 is 2.79 bits per heavy atom. The number of anilines is 2. The van der Waals surface area contributed by atoms with Crippen molar-refractivity contribution >= 4 is 11.6 Å². The van der Waals surface area contributed by atoms with Gasteiger partial charge in [-0.25, -0.2) is 4.98 Å². The van der Waals surface area contributed by atoms with Crippen LogP contribution in [0.4, 0.5) is 11.6 Å². The van der Waals surface area contributed by atoms with E-state index in [1.54, 1.807) is 0 Å². The summed E-state index contributed by atoms with van der Waals surface area (Å²) in [7, 11) is 0. The molecule has 2 rings (SSSR count). The normalized spacial score (nSPS) is 11.0. The fraction of sp³-hybridized carbons (Fsp3) is 0.438. The molecule has 19 heavy (non-hydrogen) atoms. The zero-order valence-corrected chi connectivity index (χ0v) is 12.3. The summed E-state index contributed by atoms with van der Waals surface area (Å²) < 4.78 is 2.19. The van der Waals surface area contributed by atoms with E-state index in [4.69, 9.17) is 0 Å². The van der Waals surface area contributed by atoms with Crippen LogP contribution in [0.5, 0.6) is 0 Å². The average Bonchev–Trinajstić information content (AvgIpc) is 2.69. The molecule has 1 N–H and O–H groups in total. The second-order valence-electron chi connectivity index (χ2n) is 5.43. The van der Waals surface area contributed by atoms with E-state index < -0.39 is 0 Å². The molecule has 0 atom stereocenters. The Hall–Kier alpha value is -1.77. The van der Waals surface area contributed by atoms with Gasteiger partial charge in [-0.3, -0.25) is 0 Å². The van der Waals surface area contributed by atoms with Gasteiger partial charge >= 0.3 is 0 Å². The molecule has 102 valence electrons. The smallest absolute Gasteiger partial charge is 0.207 e. The van der Waals surface area contributed by atoms with Crippen LogP contribution in [0.1, 0.15) is 32.0 Å². The Kier molecular flexibility index (Phi) is 4.25. The molecule has 1 aromatic carbocycles. The van der Waals surface area contributed by atoms with Crippen LogP contribution in [-0.2, 0) is 13.0 Å². The van der Waals surface area contributed by atoms with Crippen LogP contribution in [-0.4, -0.2) is 9.55 Å². The van der Waals surface area contributed by atoms with Gasteiger partial charge in [-0.05, 0) is 37.0 Å². The molecule has 0 aliphatic carbocycles. The van der Waals surface area contributed by atoms with Crippen LogP contribution in [0.3, 0.4) is 0 Å². The summed E-state index contributed by atoms with van der Waals surface area (Å²) in [5.41, 5.74) is 3.49. The molecule has 0 bridgehead atoms. The van der Waals surface area contributed by atoms with Crippen LogP contribution in [0.15, 0.2) is 30.5 Å². The molecular weight excluding hydrogens is 234 g/mol. The van der Waals surface area contributed by atoms with Crippen LogP contribution in [0, 0.1) is 12.8 Å². The zero-order valence-electron chi connectivity index (χ0n) is 12.3. The maximum atomic E-state index is 4.57. The Morgan fingerprint density at radius 2 is 2.11 bits per heavy atom. The first-order valence-electron chi connectivity index (χ1n) is 6.98. The molecule has 3 nitrogen and oxygen atoms in total. The van der Waals surface area contributed by atoms with Gasteiger partial charge < -0.3 is 9.88 Å².